The highest BCUT2D eigenvalue weighted by Gasteiger charge is 2.18. The van der Waals surface area contributed by atoms with Crippen molar-refractivity contribution in [3.8, 4) is 28.5 Å². The summed E-state index contributed by atoms with van der Waals surface area (Å²) in [6.07, 6.45) is 2.77. The van der Waals surface area contributed by atoms with Gasteiger partial charge >= 0.3 is 0 Å². The van der Waals surface area contributed by atoms with Crippen molar-refractivity contribution < 1.29 is 13.2 Å². The van der Waals surface area contributed by atoms with Gasteiger partial charge in [-0.05, 0) is 71.8 Å². The molecule has 0 radical (unpaired) electrons. The van der Waals surface area contributed by atoms with Gasteiger partial charge in [0.2, 0.25) is 0 Å². The Hall–Kier alpha value is -3.99. The highest BCUT2D eigenvalue weighted by molar-refractivity contribution is 7.90. The lowest BCUT2D eigenvalue weighted by Crippen LogP contribution is -2.14. The summed E-state index contributed by atoms with van der Waals surface area (Å²) < 4.78 is 24.3. The number of halogens is 1. The molecule has 0 saturated carbocycles. The molecule has 1 N–H and O–H groups in total. The zero-order chi connectivity index (χ0) is 24.3. The maximum absolute atomic E-state index is 13.3. The number of hydrogen-bond donors (Lipinski definition) is 1. The first-order chi connectivity index (χ1) is 16.3. The molecule has 1 amide bonds. The quantitative estimate of drug-likeness (QED) is 0.395. The van der Waals surface area contributed by atoms with Crippen molar-refractivity contribution in [1.82, 2.24) is 4.98 Å². The zero-order valence-corrected chi connectivity index (χ0v) is 19.6. The van der Waals surface area contributed by atoms with Gasteiger partial charge in [0.05, 0.1) is 27.2 Å². The van der Waals surface area contributed by atoms with Crippen LogP contribution in [0.4, 0.5) is 5.69 Å². The highest BCUT2D eigenvalue weighted by atomic mass is 35.5. The number of aromatic nitrogens is 1. The maximum atomic E-state index is 13.3. The van der Waals surface area contributed by atoms with Crippen LogP contribution < -0.4 is 5.32 Å². The molecule has 0 unspecified atom stereocenters. The molecule has 1 aromatic heterocycles. The first-order valence-corrected chi connectivity index (χ1v) is 12.4. The molecule has 0 spiro atoms. The standard InChI is InChI=1S/C26H18ClN3O3S/c1-34(32,33)20-10-11-21(22(15-20)18-7-5-17(16-28)6-8-18)26(31)30-19-9-12-24(27)23(14-19)25-4-2-3-13-29-25/h2-15H,1H3,(H,30,31). The Labute approximate surface area is 202 Å². The Morgan fingerprint density at radius 1 is 0.971 bits per heavy atom. The van der Waals surface area contributed by atoms with Crippen molar-refractivity contribution in [1.29, 1.82) is 5.26 Å². The van der Waals surface area contributed by atoms with Crippen molar-refractivity contribution in [2.75, 3.05) is 11.6 Å². The molecule has 1 heterocycles. The summed E-state index contributed by atoms with van der Waals surface area (Å²) in [6.45, 7) is 0. The Kier molecular flexibility index (Phi) is 6.46. The molecular weight excluding hydrogens is 470 g/mol. The smallest absolute Gasteiger partial charge is 0.256 e. The lowest BCUT2D eigenvalue weighted by molar-refractivity contribution is 0.102. The van der Waals surface area contributed by atoms with Crippen LogP contribution in [0.2, 0.25) is 5.02 Å². The summed E-state index contributed by atoms with van der Waals surface area (Å²) in [5.74, 6) is -0.422. The molecule has 0 aliphatic rings. The number of rotatable bonds is 5. The number of nitrogens with one attached hydrogen (secondary N) is 1. The molecule has 0 aliphatic heterocycles. The number of amides is 1. The summed E-state index contributed by atoms with van der Waals surface area (Å²) in [7, 11) is -3.49. The fourth-order valence-electron chi connectivity index (χ4n) is 3.43. The number of benzene rings is 3. The molecule has 0 fully saturated rings. The second-order valence-corrected chi connectivity index (χ2v) is 9.96. The molecule has 6 nitrogen and oxygen atoms in total. The van der Waals surface area contributed by atoms with Crippen LogP contribution in [0, 0.1) is 11.3 Å². The highest BCUT2D eigenvalue weighted by Crippen LogP contribution is 2.31. The van der Waals surface area contributed by atoms with Gasteiger partial charge in [-0.3, -0.25) is 9.78 Å². The molecule has 4 aromatic rings. The Morgan fingerprint density at radius 3 is 2.38 bits per heavy atom. The number of carbonyl (C=O) groups is 1. The van der Waals surface area contributed by atoms with Crippen LogP contribution in [0.25, 0.3) is 22.4 Å². The predicted octanol–water partition coefficient (Wildman–Crippen LogP) is 5.60. The molecule has 0 atom stereocenters. The fourth-order valence-corrected chi connectivity index (χ4v) is 4.30. The van der Waals surface area contributed by atoms with Crippen molar-refractivity contribution >= 4 is 33.0 Å². The summed E-state index contributed by atoms with van der Waals surface area (Å²) in [4.78, 5) is 17.7. The molecular formula is C26H18ClN3O3S. The van der Waals surface area contributed by atoms with E-state index in [1.54, 1.807) is 54.7 Å². The van der Waals surface area contributed by atoms with E-state index in [9.17, 15) is 13.2 Å². The number of nitriles is 1. The summed E-state index contributed by atoms with van der Waals surface area (Å²) in [5, 5.41) is 12.4. The predicted molar refractivity (Wildman–Crippen MR) is 132 cm³/mol. The van der Waals surface area contributed by atoms with Crippen LogP contribution in [0.15, 0.2) is 90.0 Å². The maximum Gasteiger partial charge on any atom is 0.256 e. The second-order valence-electron chi connectivity index (χ2n) is 7.53. The van der Waals surface area contributed by atoms with E-state index in [1.165, 1.54) is 18.2 Å². The Morgan fingerprint density at radius 2 is 1.74 bits per heavy atom. The topological polar surface area (TPSA) is 99.9 Å². The molecule has 3 aromatic carbocycles. The third kappa shape index (κ3) is 4.99. The van der Waals surface area contributed by atoms with Crippen LogP contribution in [-0.4, -0.2) is 25.6 Å². The number of anilines is 1. The van der Waals surface area contributed by atoms with Crippen molar-refractivity contribution in [3.05, 3.63) is 101 Å². The molecule has 4 rings (SSSR count). The van der Waals surface area contributed by atoms with E-state index in [0.29, 0.717) is 38.7 Å². The molecule has 0 saturated heterocycles. The van der Waals surface area contributed by atoms with Gasteiger partial charge in [0.1, 0.15) is 0 Å². The fraction of sp³-hybridized carbons (Fsp3) is 0.0385. The number of carbonyl (C=O) groups excluding carboxylic acids is 1. The largest absolute Gasteiger partial charge is 0.322 e. The summed E-state index contributed by atoms with van der Waals surface area (Å²) in [5.41, 5.74) is 3.62. The molecule has 168 valence electrons. The first kappa shape index (κ1) is 23.2. The van der Waals surface area contributed by atoms with E-state index in [-0.39, 0.29) is 10.5 Å². The molecule has 34 heavy (non-hydrogen) atoms. The minimum absolute atomic E-state index is 0.0901. The van der Waals surface area contributed by atoms with Crippen LogP contribution in [0.1, 0.15) is 15.9 Å². The molecule has 0 bridgehead atoms. The second kappa shape index (κ2) is 9.48. The average Bonchev–Trinajstić information content (AvgIpc) is 2.85. The van der Waals surface area contributed by atoms with Gasteiger partial charge in [0.25, 0.3) is 5.91 Å². The monoisotopic (exact) mass is 487 g/mol. The van der Waals surface area contributed by atoms with E-state index in [1.807, 2.05) is 18.2 Å². The van der Waals surface area contributed by atoms with Gasteiger partial charge < -0.3 is 5.32 Å². The van der Waals surface area contributed by atoms with E-state index >= 15 is 0 Å². The summed E-state index contributed by atoms with van der Waals surface area (Å²) in [6, 6.07) is 23.5. The number of pyridine rings is 1. The SMILES string of the molecule is CS(=O)(=O)c1ccc(C(=O)Nc2ccc(Cl)c(-c3ccccn3)c2)c(-c2ccc(C#N)cc2)c1. The average molecular weight is 488 g/mol. The number of hydrogen-bond acceptors (Lipinski definition) is 5. The lowest BCUT2D eigenvalue weighted by Gasteiger charge is -2.13. The third-order valence-corrected chi connectivity index (χ3v) is 6.59. The zero-order valence-electron chi connectivity index (χ0n) is 18.0. The van der Waals surface area contributed by atoms with Crippen molar-refractivity contribution in [2.45, 2.75) is 4.90 Å². The minimum atomic E-state index is -3.49. The van der Waals surface area contributed by atoms with Gasteiger partial charge in [0.15, 0.2) is 9.84 Å². The Bertz CT molecular complexity index is 1530. The van der Waals surface area contributed by atoms with Gasteiger partial charge in [-0.25, -0.2) is 8.42 Å². The Balaban J connectivity index is 1.74. The van der Waals surface area contributed by atoms with E-state index in [2.05, 4.69) is 10.3 Å². The van der Waals surface area contributed by atoms with Crippen LogP contribution in [0.3, 0.4) is 0 Å². The van der Waals surface area contributed by atoms with Gasteiger partial charge in [-0.15, -0.1) is 0 Å². The van der Waals surface area contributed by atoms with E-state index < -0.39 is 15.7 Å². The van der Waals surface area contributed by atoms with Gasteiger partial charge in [0, 0.05) is 29.3 Å². The first-order valence-electron chi connectivity index (χ1n) is 10.1. The third-order valence-electron chi connectivity index (χ3n) is 5.15. The normalized spacial score (nSPS) is 11.0. The van der Waals surface area contributed by atoms with Crippen molar-refractivity contribution in [2.24, 2.45) is 0 Å². The van der Waals surface area contributed by atoms with Crippen LogP contribution >= 0.6 is 11.6 Å². The van der Waals surface area contributed by atoms with E-state index in [0.717, 1.165) is 6.26 Å². The number of nitrogens with zero attached hydrogens (tertiary/aromatic N) is 2. The van der Waals surface area contributed by atoms with Crippen molar-refractivity contribution in [3.63, 3.8) is 0 Å². The van der Waals surface area contributed by atoms with Gasteiger partial charge in [-0.1, -0.05) is 29.8 Å². The lowest BCUT2D eigenvalue weighted by atomic mass is 9.98. The summed E-state index contributed by atoms with van der Waals surface area (Å²) >= 11 is 6.34. The van der Waals surface area contributed by atoms with Crippen LogP contribution in [0.5, 0.6) is 0 Å². The molecule has 8 heteroatoms. The van der Waals surface area contributed by atoms with Gasteiger partial charge in [-0.2, -0.15) is 5.26 Å². The van der Waals surface area contributed by atoms with Crippen LogP contribution in [-0.2, 0) is 9.84 Å². The minimum Gasteiger partial charge on any atom is -0.322 e. The van der Waals surface area contributed by atoms with E-state index in [4.69, 9.17) is 16.9 Å². The molecule has 0 aliphatic carbocycles. The number of sulfone groups is 1.